The first-order valence-corrected chi connectivity index (χ1v) is 5.80. The third kappa shape index (κ3) is 4.60. The molecule has 0 heterocycles. The average Bonchev–Trinajstić information content (AvgIpc) is 2.33. The summed E-state index contributed by atoms with van der Waals surface area (Å²) >= 11 is 0. The first-order chi connectivity index (χ1) is 9.21. The molecule has 0 saturated carbocycles. The minimum atomic E-state index is -4.77. The van der Waals surface area contributed by atoms with Crippen LogP contribution in [0.1, 0.15) is 25.5 Å². The number of hydrogen-bond acceptors (Lipinski definition) is 2. The third-order valence-corrected chi connectivity index (χ3v) is 2.32. The van der Waals surface area contributed by atoms with E-state index in [1.165, 1.54) is 24.3 Å². The van der Waals surface area contributed by atoms with E-state index < -0.39 is 29.5 Å². The van der Waals surface area contributed by atoms with Crippen molar-refractivity contribution in [2.24, 2.45) is 5.73 Å². The molecule has 0 bridgehead atoms. The highest BCUT2D eigenvalue weighted by Crippen LogP contribution is 2.37. The minimum absolute atomic E-state index is 0.434. The molecule has 0 aliphatic rings. The topological polar surface area (TPSA) is 35.2 Å². The van der Waals surface area contributed by atoms with Crippen molar-refractivity contribution >= 4 is 0 Å². The Hall–Kier alpha value is -1.98. The SMILES string of the molecule is CC(C)=C/C=C(\N)OC(c1ccccc1F)C(F)(F)F. The Balaban J connectivity index is 3.08. The van der Waals surface area contributed by atoms with Crippen molar-refractivity contribution in [2.45, 2.75) is 26.1 Å². The van der Waals surface area contributed by atoms with Gasteiger partial charge in [-0.2, -0.15) is 13.2 Å². The van der Waals surface area contributed by atoms with Gasteiger partial charge in [0, 0.05) is 5.56 Å². The minimum Gasteiger partial charge on any atom is -0.462 e. The van der Waals surface area contributed by atoms with Gasteiger partial charge in [-0.25, -0.2) is 4.39 Å². The highest BCUT2D eigenvalue weighted by atomic mass is 19.4. The molecule has 0 fully saturated rings. The van der Waals surface area contributed by atoms with Crippen molar-refractivity contribution in [3.63, 3.8) is 0 Å². The van der Waals surface area contributed by atoms with Crippen molar-refractivity contribution in [1.29, 1.82) is 0 Å². The number of allylic oxidation sites excluding steroid dienone is 3. The Morgan fingerprint density at radius 3 is 2.30 bits per heavy atom. The molecule has 6 heteroatoms. The fraction of sp³-hybridized carbons (Fsp3) is 0.286. The molecule has 0 amide bonds. The van der Waals surface area contributed by atoms with Crippen molar-refractivity contribution in [2.75, 3.05) is 0 Å². The van der Waals surface area contributed by atoms with E-state index in [9.17, 15) is 17.6 Å². The van der Waals surface area contributed by atoms with Crippen molar-refractivity contribution < 1.29 is 22.3 Å². The number of nitrogens with two attached hydrogens (primary N) is 1. The summed E-state index contributed by atoms with van der Waals surface area (Å²) in [5.41, 5.74) is 5.61. The second kappa shape index (κ2) is 6.45. The maximum atomic E-state index is 13.5. The summed E-state index contributed by atoms with van der Waals surface area (Å²) in [6, 6.07) is 4.56. The molecule has 0 aliphatic carbocycles. The molecule has 110 valence electrons. The molecule has 1 rings (SSSR count). The predicted octanol–water partition coefficient (Wildman–Crippen LogP) is 4.21. The van der Waals surface area contributed by atoms with Gasteiger partial charge in [-0.1, -0.05) is 29.8 Å². The van der Waals surface area contributed by atoms with Crippen LogP contribution in [0.3, 0.4) is 0 Å². The van der Waals surface area contributed by atoms with Gasteiger partial charge < -0.3 is 10.5 Å². The number of rotatable bonds is 4. The summed E-state index contributed by atoms with van der Waals surface area (Å²) in [5.74, 6) is -1.43. The van der Waals surface area contributed by atoms with Crippen LogP contribution in [0.25, 0.3) is 0 Å². The van der Waals surface area contributed by atoms with Gasteiger partial charge in [-0.05, 0) is 26.0 Å². The van der Waals surface area contributed by atoms with Gasteiger partial charge in [-0.15, -0.1) is 0 Å². The largest absolute Gasteiger partial charge is 0.462 e. The first-order valence-electron chi connectivity index (χ1n) is 5.80. The lowest BCUT2D eigenvalue weighted by atomic mass is 10.1. The van der Waals surface area contributed by atoms with Crippen molar-refractivity contribution in [3.8, 4) is 0 Å². The Bertz CT molecular complexity index is 516. The zero-order valence-corrected chi connectivity index (χ0v) is 11.0. The molecule has 0 radical (unpaired) electrons. The van der Waals surface area contributed by atoms with Crippen LogP contribution in [0.15, 0.2) is 47.9 Å². The molecule has 1 aromatic carbocycles. The highest BCUT2D eigenvalue weighted by molar-refractivity contribution is 5.22. The number of hydrogen-bond donors (Lipinski definition) is 1. The number of halogens is 4. The lowest BCUT2D eigenvalue weighted by Crippen LogP contribution is -2.26. The molecule has 1 atom stereocenters. The molecular weight excluding hydrogens is 274 g/mol. The molecule has 2 nitrogen and oxygen atoms in total. The van der Waals surface area contributed by atoms with Gasteiger partial charge >= 0.3 is 6.18 Å². The lowest BCUT2D eigenvalue weighted by Gasteiger charge is -2.22. The monoisotopic (exact) mass is 289 g/mol. The summed E-state index contributed by atoms with van der Waals surface area (Å²) in [6.07, 6.45) is -4.50. The summed E-state index contributed by atoms with van der Waals surface area (Å²) in [7, 11) is 0. The van der Waals surface area contributed by atoms with E-state index >= 15 is 0 Å². The maximum Gasteiger partial charge on any atom is 0.429 e. The first kappa shape index (κ1) is 16.1. The molecule has 0 saturated heterocycles. The van der Waals surface area contributed by atoms with E-state index in [0.29, 0.717) is 0 Å². The van der Waals surface area contributed by atoms with Crippen molar-refractivity contribution in [1.82, 2.24) is 0 Å². The van der Waals surface area contributed by atoms with Gasteiger partial charge in [0.1, 0.15) is 5.82 Å². The van der Waals surface area contributed by atoms with Crippen LogP contribution < -0.4 is 5.73 Å². The fourth-order valence-electron chi connectivity index (χ4n) is 1.42. The van der Waals surface area contributed by atoms with Gasteiger partial charge in [0.05, 0.1) is 0 Å². The lowest BCUT2D eigenvalue weighted by molar-refractivity contribution is -0.213. The average molecular weight is 289 g/mol. The molecular formula is C14H15F4NO. The van der Waals surface area contributed by atoms with Gasteiger partial charge in [0.15, 0.2) is 5.88 Å². The standard InChI is InChI=1S/C14H15F4NO/c1-9(2)7-8-12(19)20-13(14(16,17)18)10-5-3-4-6-11(10)15/h3-8,13H,19H2,1-2H3/b12-8+. The molecule has 0 spiro atoms. The predicted molar refractivity (Wildman–Crippen MR) is 68.0 cm³/mol. The van der Waals surface area contributed by atoms with E-state index in [-0.39, 0.29) is 0 Å². The van der Waals surface area contributed by atoms with Crippen LogP contribution in [0.4, 0.5) is 17.6 Å². The highest BCUT2D eigenvalue weighted by Gasteiger charge is 2.44. The van der Waals surface area contributed by atoms with E-state index in [0.717, 1.165) is 17.7 Å². The molecule has 1 aromatic rings. The number of alkyl halides is 3. The van der Waals surface area contributed by atoms with Crippen LogP contribution >= 0.6 is 0 Å². The summed E-state index contributed by atoms with van der Waals surface area (Å²) < 4.78 is 57.0. The van der Waals surface area contributed by atoms with Crippen LogP contribution in [0.2, 0.25) is 0 Å². The van der Waals surface area contributed by atoms with Crippen LogP contribution in [-0.2, 0) is 4.74 Å². The van der Waals surface area contributed by atoms with Gasteiger partial charge in [-0.3, -0.25) is 0 Å². The van der Waals surface area contributed by atoms with Gasteiger partial charge in [0.25, 0.3) is 0 Å². The zero-order valence-electron chi connectivity index (χ0n) is 11.0. The fourth-order valence-corrected chi connectivity index (χ4v) is 1.42. The number of ether oxygens (including phenoxy) is 1. The van der Waals surface area contributed by atoms with Crippen LogP contribution in [0.5, 0.6) is 0 Å². The quantitative estimate of drug-likeness (QED) is 0.512. The van der Waals surface area contributed by atoms with Crippen molar-refractivity contribution in [3.05, 3.63) is 59.3 Å². The second-order valence-electron chi connectivity index (χ2n) is 4.37. The van der Waals surface area contributed by atoms with Crippen LogP contribution in [0, 0.1) is 5.82 Å². The van der Waals surface area contributed by atoms with Gasteiger partial charge in [0.2, 0.25) is 6.10 Å². The Morgan fingerprint density at radius 2 is 1.80 bits per heavy atom. The van der Waals surface area contributed by atoms with E-state index in [2.05, 4.69) is 4.74 Å². The van der Waals surface area contributed by atoms with E-state index in [1.54, 1.807) is 13.8 Å². The molecule has 2 N–H and O–H groups in total. The third-order valence-electron chi connectivity index (χ3n) is 2.32. The molecule has 0 aromatic heterocycles. The van der Waals surface area contributed by atoms with E-state index in [1.807, 2.05) is 0 Å². The zero-order chi connectivity index (χ0) is 15.3. The Morgan fingerprint density at radius 1 is 1.20 bits per heavy atom. The smallest absolute Gasteiger partial charge is 0.429 e. The number of benzene rings is 1. The Labute approximate surface area is 114 Å². The summed E-state index contributed by atoms with van der Waals surface area (Å²) in [5, 5.41) is 0. The van der Waals surface area contributed by atoms with Crippen LogP contribution in [-0.4, -0.2) is 6.18 Å². The summed E-state index contributed by atoms with van der Waals surface area (Å²) in [6.45, 7) is 3.50. The molecule has 1 unspecified atom stereocenters. The maximum absolute atomic E-state index is 13.5. The Kier molecular flexibility index (Phi) is 5.19. The second-order valence-corrected chi connectivity index (χ2v) is 4.37. The summed E-state index contributed by atoms with van der Waals surface area (Å²) in [4.78, 5) is 0. The normalized spacial score (nSPS) is 13.8. The molecule has 0 aliphatic heterocycles. The van der Waals surface area contributed by atoms with E-state index in [4.69, 9.17) is 5.73 Å². The molecule has 20 heavy (non-hydrogen) atoms.